The standard InChI is InChI=1S/C13H20N2O2/c1-13(2,14)8-15-6-5-10-3-4-11-12(7-10)17-9-16-11/h3-4,7,15H,5-6,8-9,14H2,1-2H3. The smallest absolute Gasteiger partial charge is 0.231 e. The first-order chi connectivity index (χ1) is 8.04. The average molecular weight is 236 g/mol. The van der Waals surface area contributed by atoms with Crippen LogP contribution in [0.25, 0.3) is 0 Å². The molecule has 0 bridgehead atoms. The third kappa shape index (κ3) is 3.61. The van der Waals surface area contributed by atoms with E-state index in [9.17, 15) is 0 Å². The van der Waals surface area contributed by atoms with Gasteiger partial charge in [0.2, 0.25) is 6.79 Å². The normalized spacial score (nSPS) is 14.1. The predicted octanol–water partition coefficient (Wildman–Crippen LogP) is 1.28. The maximum absolute atomic E-state index is 5.89. The van der Waals surface area contributed by atoms with E-state index in [1.165, 1.54) is 5.56 Å². The lowest BCUT2D eigenvalue weighted by molar-refractivity contribution is 0.174. The zero-order chi connectivity index (χ0) is 12.3. The molecule has 0 aliphatic carbocycles. The topological polar surface area (TPSA) is 56.5 Å². The van der Waals surface area contributed by atoms with E-state index >= 15 is 0 Å². The Labute approximate surface area is 102 Å². The monoisotopic (exact) mass is 236 g/mol. The highest BCUT2D eigenvalue weighted by atomic mass is 16.7. The van der Waals surface area contributed by atoms with Gasteiger partial charge < -0.3 is 20.5 Å². The van der Waals surface area contributed by atoms with Crippen LogP contribution in [-0.2, 0) is 6.42 Å². The first kappa shape index (κ1) is 12.2. The van der Waals surface area contributed by atoms with E-state index in [4.69, 9.17) is 15.2 Å². The van der Waals surface area contributed by atoms with Crippen molar-refractivity contribution in [2.45, 2.75) is 25.8 Å². The van der Waals surface area contributed by atoms with E-state index in [2.05, 4.69) is 11.4 Å². The van der Waals surface area contributed by atoms with E-state index in [-0.39, 0.29) is 5.54 Å². The fourth-order valence-corrected chi connectivity index (χ4v) is 1.74. The minimum Gasteiger partial charge on any atom is -0.454 e. The summed E-state index contributed by atoms with van der Waals surface area (Å²) >= 11 is 0. The number of nitrogens with one attached hydrogen (secondary N) is 1. The molecule has 2 rings (SSSR count). The first-order valence-electron chi connectivity index (χ1n) is 5.93. The van der Waals surface area contributed by atoms with Gasteiger partial charge in [0.15, 0.2) is 11.5 Å². The van der Waals surface area contributed by atoms with Crippen molar-refractivity contribution in [1.29, 1.82) is 0 Å². The van der Waals surface area contributed by atoms with Gasteiger partial charge in [-0.15, -0.1) is 0 Å². The molecule has 17 heavy (non-hydrogen) atoms. The molecule has 1 aromatic rings. The highest BCUT2D eigenvalue weighted by Gasteiger charge is 2.13. The molecule has 0 atom stereocenters. The number of hydrogen-bond donors (Lipinski definition) is 2. The fraction of sp³-hybridized carbons (Fsp3) is 0.538. The van der Waals surface area contributed by atoms with Crippen LogP contribution in [0.3, 0.4) is 0 Å². The number of nitrogens with two attached hydrogens (primary N) is 1. The summed E-state index contributed by atoms with van der Waals surface area (Å²) in [4.78, 5) is 0. The van der Waals surface area contributed by atoms with Crippen LogP contribution in [0.2, 0.25) is 0 Å². The van der Waals surface area contributed by atoms with E-state index in [1.807, 2.05) is 26.0 Å². The second-order valence-corrected chi connectivity index (χ2v) is 5.10. The molecule has 0 spiro atoms. The second-order valence-electron chi connectivity index (χ2n) is 5.10. The van der Waals surface area contributed by atoms with Gasteiger partial charge in [0.1, 0.15) is 0 Å². The Morgan fingerprint density at radius 2 is 2.06 bits per heavy atom. The van der Waals surface area contributed by atoms with Crippen LogP contribution in [0.4, 0.5) is 0 Å². The molecular formula is C13H20N2O2. The van der Waals surface area contributed by atoms with Crippen molar-refractivity contribution in [3.63, 3.8) is 0 Å². The summed E-state index contributed by atoms with van der Waals surface area (Å²) in [7, 11) is 0. The lowest BCUT2D eigenvalue weighted by atomic mass is 10.1. The minimum atomic E-state index is -0.158. The first-order valence-corrected chi connectivity index (χ1v) is 5.93. The summed E-state index contributed by atoms with van der Waals surface area (Å²) in [5.41, 5.74) is 6.98. The molecule has 4 heteroatoms. The van der Waals surface area contributed by atoms with Gasteiger partial charge in [-0.3, -0.25) is 0 Å². The van der Waals surface area contributed by atoms with Gasteiger partial charge in [-0.1, -0.05) is 6.07 Å². The van der Waals surface area contributed by atoms with Gasteiger partial charge >= 0.3 is 0 Å². The molecule has 4 nitrogen and oxygen atoms in total. The van der Waals surface area contributed by atoms with Gasteiger partial charge in [-0.05, 0) is 44.5 Å². The van der Waals surface area contributed by atoms with Crippen LogP contribution in [-0.4, -0.2) is 25.4 Å². The molecule has 0 saturated heterocycles. The van der Waals surface area contributed by atoms with Crippen molar-refractivity contribution in [3.8, 4) is 11.5 Å². The molecule has 0 unspecified atom stereocenters. The Balaban J connectivity index is 1.80. The summed E-state index contributed by atoms with van der Waals surface area (Å²) in [6.45, 7) is 6.09. The largest absolute Gasteiger partial charge is 0.454 e. The Kier molecular flexibility index (Phi) is 3.54. The van der Waals surface area contributed by atoms with E-state index in [0.717, 1.165) is 31.0 Å². The maximum Gasteiger partial charge on any atom is 0.231 e. The molecule has 0 fully saturated rings. The minimum absolute atomic E-state index is 0.158. The third-order valence-corrected chi connectivity index (χ3v) is 2.61. The molecule has 1 aromatic carbocycles. The zero-order valence-corrected chi connectivity index (χ0v) is 10.5. The summed E-state index contributed by atoms with van der Waals surface area (Å²) in [5.74, 6) is 1.69. The van der Waals surface area contributed by atoms with Crippen molar-refractivity contribution >= 4 is 0 Å². The molecule has 0 aromatic heterocycles. The highest BCUT2D eigenvalue weighted by molar-refractivity contribution is 5.44. The van der Waals surface area contributed by atoms with Crippen LogP contribution in [0, 0.1) is 0 Å². The molecule has 1 aliphatic heterocycles. The van der Waals surface area contributed by atoms with E-state index in [1.54, 1.807) is 0 Å². The lowest BCUT2D eigenvalue weighted by Gasteiger charge is -2.18. The lowest BCUT2D eigenvalue weighted by Crippen LogP contribution is -2.43. The SMILES string of the molecule is CC(C)(N)CNCCc1ccc2c(c1)OCO2. The van der Waals surface area contributed by atoms with E-state index < -0.39 is 0 Å². The molecule has 1 heterocycles. The molecule has 0 saturated carbocycles. The molecule has 94 valence electrons. The van der Waals surface area contributed by atoms with Crippen LogP contribution >= 0.6 is 0 Å². The number of hydrogen-bond acceptors (Lipinski definition) is 4. The van der Waals surface area contributed by atoms with E-state index in [0.29, 0.717) is 6.79 Å². The summed E-state index contributed by atoms with van der Waals surface area (Å²) < 4.78 is 10.6. The maximum atomic E-state index is 5.89. The van der Waals surface area contributed by atoms with Gasteiger partial charge in [-0.25, -0.2) is 0 Å². The summed E-state index contributed by atoms with van der Waals surface area (Å²) in [6, 6.07) is 6.07. The average Bonchev–Trinajstić information content (AvgIpc) is 2.70. The highest BCUT2D eigenvalue weighted by Crippen LogP contribution is 2.32. The Bertz CT molecular complexity index is 385. The summed E-state index contributed by atoms with van der Waals surface area (Å²) in [5, 5.41) is 3.34. The van der Waals surface area contributed by atoms with Gasteiger partial charge in [0.25, 0.3) is 0 Å². The molecular weight excluding hydrogens is 216 g/mol. The number of benzene rings is 1. The van der Waals surface area contributed by atoms with Crippen LogP contribution in [0.1, 0.15) is 19.4 Å². The van der Waals surface area contributed by atoms with Gasteiger partial charge in [0.05, 0.1) is 0 Å². The van der Waals surface area contributed by atoms with Gasteiger partial charge in [-0.2, -0.15) is 0 Å². The number of rotatable bonds is 5. The third-order valence-electron chi connectivity index (χ3n) is 2.61. The molecule has 3 N–H and O–H groups in total. The Hall–Kier alpha value is -1.26. The van der Waals surface area contributed by atoms with Crippen molar-refractivity contribution < 1.29 is 9.47 Å². The second kappa shape index (κ2) is 4.94. The van der Waals surface area contributed by atoms with Crippen molar-refractivity contribution in [3.05, 3.63) is 23.8 Å². The van der Waals surface area contributed by atoms with Crippen molar-refractivity contribution in [2.24, 2.45) is 5.73 Å². The molecule has 0 amide bonds. The predicted molar refractivity (Wildman–Crippen MR) is 67.4 cm³/mol. The van der Waals surface area contributed by atoms with Crippen LogP contribution in [0.15, 0.2) is 18.2 Å². The number of fused-ring (bicyclic) bond motifs is 1. The fourth-order valence-electron chi connectivity index (χ4n) is 1.74. The zero-order valence-electron chi connectivity index (χ0n) is 10.5. The number of ether oxygens (including phenoxy) is 2. The summed E-state index contributed by atoms with van der Waals surface area (Å²) in [6.07, 6.45) is 0.965. The van der Waals surface area contributed by atoms with Crippen molar-refractivity contribution in [2.75, 3.05) is 19.9 Å². The van der Waals surface area contributed by atoms with Crippen molar-refractivity contribution in [1.82, 2.24) is 5.32 Å². The van der Waals surface area contributed by atoms with Gasteiger partial charge in [0, 0.05) is 12.1 Å². The Morgan fingerprint density at radius 1 is 1.29 bits per heavy atom. The van der Waals surface area contributed by atoms with Crippen LogP contribution < -0.4 is 20.5 Å². The Morgan fingerprint density at radius 3 is 2.82 bits per heavy atom. The molecule has 1 aliphatic rings. The molecule has 0 radical (unpaired) electrons. The van der Waals surface area contributed by atoms with Crippen LogP contribution in [0.5, 0.6) is 11.5 Å². The quantitative estimate of drug-likeness (QED) is 0.756.